The third-order valence-electron chi connectivity index (χ3n) is 7.12. The number of amides is 1. The van der Waals surface area contributed by atoms with Crippen molar-refractivity contribution in [3.63, 3.8) is 0 Å². The molecule has 1 saturated heterocycles. The summed E-state index contributed by atoms with van der Waals surface area (Å²) in [7, 11) is 0. The van der Waals surface area contributed by atoms with Gasteiger partial charge in [-0.3, -0.25) is 4.79 Å². The lowest BCUT2D eigenvalue weighted by Crippen LogP contribution is -2.34. The van der Waals surface area contributed by atoms with E-state index in [9.17, 15) is 9.18 Å². The van der Waals surface area contributed by atoms with Crippen LogP contribution in [0.25, 0.3) is 10.1 Å². The monoisotopic (exact) mass is 456 g/mol. The molecule has 3 nitrogen and oxygen atoms in total. The maximum atomic E-state index is 13.5. The van der Waals surface area contributed by atoms with E-state index >= 15 is 0 Å². The minimum absolute atomic E-state index is 0.143. The van der Waals surface area contributed by atoms with Crippen molar-refractivity contribution < 1.29 is 9.18 Å². The molecule has 6 heteroatoms. The number of nitrogens with zero attached hydrogens (tertiary/aromatic N) is 2. The Labute approximate surface area is 191 Å². The highest BCUT2D eigenvalue weighted by Gasteiger charge is 2.25. The smallest absolute Gasteiger partial charge is 0.219 e. The zero-order chi connectivity index (χ0) is 21.5. The SMILES string of the molecule is CC(=O)N1CCc2c(sc(CCN3CCC(c4csc5cc(F)ccc45)CC3)c2C)C1. The van der Waals surface area contributed by atoms with Crippen LogP contribution in [0.4, 0.5) is 4.39 Å². The molecule has 0 atom stereocenters. The second-order valence-electron chi connectivity index (χ2n) is 8.94. The Balaban J connectivity index is 1.19. The van der Waals surface area contributed by atoms with Crippen LogP contribution in [0.2, 0.25) is 0 Å². The Hall–Kier alpha value is -1.76. The molecule has 1 aromatic carbocycles. The molecular formula is C25H29FN2OS2. The van der Waals surface area contributed by atoms with Gasteiger partial charge in [0.15, 0.2) is 0 Å². The summed E-state index contributed by atoms with van der Waals surface area (Å²) in [6, 6.07) is 5.21. The van der Waals surface area contributed by atoms with Gasteiger partial charge in [-0.05, 0) is 91.2 Å². The summed E-state index contributed by atoms with van der Waals surface area (Å²) >= 11 is 3.59. The van der Waals surface area contributed by atoms with E-state index in [1.807, 2.05) is 22.3 Å². The van der Waals surface area contributed by atoms with Crippen molar-refractivity contribution in [1.82, 2.24) is 9.80 Å². The molecule has 0 bridgehead atoms. The van der Waals surface area contributed by atoms with Crippen LogP contribution in [0, 0.1) is 12.7 Å². The van der Waals surface area contributed by atoms with Gasteiger partial charge in [0.1, 0.15) is 5.82 Å². The van der Waals surface area contributed by atoms with Gasteiger partial charge in [0.05, 0.1) is 6.54 Å². The second-order valence-corrected chi connectivity index (χ2v) is 11.0. The van der Waals surface area contributed by atoms with Crippen LogP contribution in [0.5, 0.6) is 0 Å². The maximum absolute atomic E-state index is 13.5. The van der Waals surface area contributed by atoms with Crippen LogP contribution in [0.3, 0.4) is 0 Å². The summed E-state index contributed by atoms with van der Waals surface area (Å²) in [4.78, 5) is 19.2. The van der Waals surface area contributed by atoms with Crippen LogP contribution >= 0.6 is 22.7 Å². The Morgan fingerprint density at radius 3 is 2.81 bits per heavy atom. The topological polar surface area (TPSA) is 23.6 Å². The summed E-state index contributed by atoms with van der Waals surface area (Å²) in [5, 5.41) is 3.48. The van der Waals surface area contributed by atoms with Crippen molar-refractivity contribution in [3.8, 4) is 0 Å². The minimum atomic E-state index is -0.143. The molecule has 5 rings (SSSR count). The average Bonchev–Trinajstić information content (AvgIpc) is 3.33. The van der Waals surface area contributed by atoms with E-state index < -0.39 is 0 Å². The van der Waals surface area contributed by atoms with Gasteiger partial charge in [0.2, 0.25) is 5.91 Å². The van der Waals surface area contributed by atoms with Gasteiger partial charge < -0.3 is 9.80 Å². The van der Waals surface area contributed by atoms with Crippen molar-refractivity contribution in [1.29, 1.82) is 0 Å². The fourth-order valence-corrected chi connectivity index (χ4v) is 7.62. The van der Waals surface area contributed by atoms with Crippen molar-refractivity contribution in [2.75, 3.05) is 26.2 Å². The van der Waals surface area contributed by atoms with Gasteiger partial charge >= 0.3 is 0 Å². The normalized spacial score (nSPS) is 18.0. The average molecular weight is 457 g/mol. The quantitative estimate of drug-likeness (QED) is 0.500. The molecular weight excluding hydrogens is 427 g/mol. The largest absolute Gasteiger partial charge is 0.337 e. The fourth-order valence-electron chi connectivity index (χ4n) is 5.19. The van der Waals surface area contributed by atoms with Crippen LogP contribution < -0.4 is 0 Å². The van der Waals surface area contributed by atoms with Crippen LogP contribution in [-0.4, -0.2) is 41.9 Å². The first-order valence-electron chi connectivity index (χ1n) is 11.2. The van der Waals surface area contributed by atoms with Crippen molar-refractivity contribution >= 4 is 38.7 Å². The number of benzene rings is 1. The number of carbonyl (C=O) groups is 1. The first-order chi connectivity index (χ1) is 15.0. The molecule has 0 saturated carbocycles. The van der Waals surface area contributed by atoms with Gasteiger partial charge in [-0.2, -0.15) is 0 Å². The van der Waals surface area contributed by atoms with Crippen LogP contribution in [0.15, 0.2) is 23.6 Å². The number of hydrogen-bond donors (Lipinski definition) is 0. The maximum Gasteiger partial charge on any atom is 0.219 e. The van der Waals surface area contributed by atoms with E-state index in [4.69, 9.17) is 0 Å². The summed E-state index contributed by atoms with van der Waals surface area (Å²) in [5.74, 6) is 0.628. The summed E-state index contributed by atoms with van der Waals surface area (Å²) in [6.45, 7) is 8.96. The van der Waals surface area contributed by atoms with Crippen LogP contribution in [-0.2, 0) is 24.2 Å². The highest BCUT2D eigenvalue weighted by Crippen LogP contribution is 2.37. The number of rotatable bonds is 4. The molecule has 31 heavy (non-hydrogen) atoms. The Morgan fingerprint density at radius 1 is 1.23 bits per heavy atom. The van der Waals surface area contributed by atoms with Crippen molar-refractivity contribution in [2.45, 2.75) is 52.0 Å². The number of thiophene rings is 2. The number of carbonyl (C=O) groups excluding carboxylic acids is 1. The summed E-state index contributed by atoms with van der Waals surface area (Å²) < 4.78 is 14.6. The molecule has 1 fully saturated rings. The number of piperidine rings is 1. The molecule has 0 spiro atoms. The number of hydrogen-bond acceptors (Lipinski definition) is 4. The lowest BCUT2D eigenvalue weighted by molar-refractivity contribution is -0.129. The van der Waals surface area contributed by atoms with E-state index in [0.29, 0.717) is 5.92 Å². The van der Waals surface area contributed by atoms with Crippen molar-refractivity contribution in [3.05, 3.63) is 55.8 Å². The second kappa shape index (κ2) is 8.64. The molecule has 1 amide bonds. The van der Waals surface area contributed by atoms with E-state index in [1.54, 1.807) is 30.4 Å². The lowest BCUT2D eigenvalue weighted by atomic mass is 9.89. The molecule has 2 aromatic heterocycles. The highest BCUT2D eigenvalue weighted by molar-refractivity contribution is 7.17. The predicted octanol–water partition coefficient (Wildman–Crippen LogP) is 5.74. The molecule has 0 aliphatic carbocycles. The third kappa shape index (κ3) is 4.18. The van der Waals surface area contributed by atoms with Gasteiger partial charge in [-0.25, -0.2) is 4.39 Å². The molecule has 0 N–H and O–H groups in total. The third-order valence-corrected chi connectivity index (χ3v) is 9.46. The minimum Gasteiger partial charge on any atom is -0.337 e. The van der Waals surface area contributed by atoms with Crippen molar-refractivity contribution in [2.24, 2.45) is 0 Å². The molecule has 0 unspecified atom stereocenters. The van der Waals surface area contributed by atoms with E-state index in [1.165, 1.54) is 44.7 Å². The van der Waals surface area contributed by atoms with Gasteiger partial charge in [-0.1, -0.05) is 6.07 Å². The van der Waals surface area contributed by atoms with Gasteiger partial charge in [-0.15, -0.1) is 22.7 Å². The summed E-state index contributed by atoms with van der Waals surface area (Å²) in [5.41, 5.74) is 4.38. The Kier molecular flexibility index (Phi) is 5.88. The van der Waals surface area contributed by atoms with E-state index in [-0.39, 0.29) is 11.7 Å². The first-order valence-corrected chi connectivity index (χ1v) is 12.9. The molecule has 3 aromatic rings. The molecule has 4 heterocycles. The predicted molar refractivity (Wildman–Crippen MR) is 128 cm³/mol. The molecule has 2 aliphatic rings. The van der Waals surface area contributed by atoms with Gasteiger partial charge in [0, 0.05) is 34.5 Å². The highest BCUT2D eigenvalue weighted by atomic mass is 32.1. The molecule has 164 valence electrons. The Bertz CT molecular complexity index is 1110. The molecule has 0 radical (unpaired) electrons. The zero-order valence-corrected chi connectivity index (χ0v) is 19.9. The summed E-state index contributed by atoms with van der Waals surface area (Å²) in [6.07, 6.45) is 4.46. The first kappa shape index (κ1) is 21.1. The van der Waals surface area contributed by atoms with E-state index in [2.05, 4.69) is 17.2 Å². The number of likely N-dealkylation sites (tertiary alicyclic amines) is 1. The fraction of sp³-hybridized carbons (Fsp3) is 0.480. The number of halogens is 1. The number of fused-ring (bicyclic) bond motifs is 2. The van der Waals surface area contributed by atoms with Crippen LogP contribution in [0.1, 0.15) is 52.1 Å². The lowest BCUT2D eigenvalue weighted by Gasteiger charge is -2.32. The van der Waals surface area contributed by atoms with E-state index in [0.717, 1.165) is 50.3 Å². The standard InChI is InChI=1S/C25H29FN2OS2/c1-16-20-7-12-28(17(2)29)14-25(20)31-23(16)8-11-27-9-5-18(6-10-27)22-15-30-24-13-19(26)3-4-21(22)24/h3-4,13,15,18H,5-12,14H2,1-2H3. The zero-order valence-electron chi connectivity index (χ0n) is 18.2. The van der Waals surface area contributed by atoms with Gasteiger partial charge in [0.25, 0.3) is 0 Å². The Morgan fingerprint density at radius 2 is 2.03 bits per heavy atom. The molecule has 2 aliphatic heterocycles.